The van der Waals surface area contributed by atoms with E-state index < -0.39 is 6.10 Å². The standard InChI is InChI=1S/C16H16O/c1-3-7-13-11-10-12-8-5-6-9-14(12)16(13)15(17)4-2/h3-6,8-11,15,17H,1-2,7H2. The van der Waals surface area contributed by atoms with Gasteiger partial charge < -0.3 is 5.11 Å². The van der Waals surface area contributed by atoms with Gasteiger partial charge in [-0.1, -0.05) is 48.6 Å². The summed E-state index contributed by atoms with van der Waals surface area (Å²) in [6.07, 6.45) is 3.54. The van der Waals surface area contributed by atoms with Crippen LogP contribution in [0.4, 0.5) is 0 Å². The molecular formula is C16H16O. The first-order valence-corrected chi connectivity index (χ1v) is 5.70. The van der Waals surface area contributed by atoms with Gasteiger partial charge in [-0.2, -0.15) is 0 Å². The van der Waals surface area contributed by atoms with Crippen molar-refractivity contribution >= 4 is 10.8 Å². The average molecular weight is 224 g/mol. The van der Waals surface area contributed by atoms with Crippen LogP contribution in [0.15, 0.2) is 61.7 Å². The Kier molecular flexibility index (Phi) is 3.40. The van der Waals surface area contributed by atoms with Gasteiger partial charge in [0, 0.05) is 0 Å². The molecule has 1 nitrogen and oxygen atoms in total. The van der Waals surface area contributed by atoms with Crippen molar-refractivity contribution in [1.82, 2.24) is 0 Å². The Morgan fingerprint density at radius 3 is 2.59 bits per heavy atom. The van der Waals surface area contributed by atoms with E-state index >= 15 is 0 Å². The summed E-state index contributed by atoms with van der Waals surface area (Å²) < 4.78 is 0. The maximum absolute atomic E-state index is 10.1. The van der Waals surface area contributed by atoms with Crippen LogP contribution in [0.25, 0.3) is 10.8 Å². The smallest absolute Gasteiger partial charge is 0.0977 e. The minimum Gasteiger partial charge on any atom is -0.384 e. The molecule has 2 aromatic rings. The molecule has 0 saturated carbocycles. The van der Waals surface area contributed by atoms with Gasteiger partial charge in [0.2, 0.25) is 0 Å². The molecule has 1 N–H and O–H groups in total. The summed E-state index contributed by atoms with van der Waals surface area (Å²) in [7, 11) is 0. The molecule has 0 heterocycles. The Hall–Kier alpha value is -1.86. The lowest BCUT2D eigenvalue weighted by molar-refractivity contribution is 0.229. The van der Waals surface area contributed by atoms with Gasteiger partial charge in [-0.3, -0.25) is 0 Å². The molecule has 1 unspecified atom stereocenters. The van der Waals surface area contributed by atoms with Crippen molar-refractivity contribution in [2.75, 3.05) is 0 Å². The average Bonchev–Trinajstić information content (AvgIpc) is 2.38. The predicted octanol–water partition coefficient (Wildman–Crippen LogP) is 3.79. The molecular weight excluding hydrogens is 208 g/mol. The highest BCUT2D eigenvalue weighted by molar-refractivity contribution is 5.87. The zero-order valence-electron chi connectivity index (χ0n) is 9.76. The van der Waals surface area contributed by atoms with E-state index in [1.807, 2.05) is 36.4 Å². The zero-order valence-corrected chi connectivity index (χ0v) is 9.76. The predicted molar refractivity (Wildman–Crippen MR) is 73.0 cm³/mol. The molecule has 0 aliphatic carbocycles. The summed E-state index contributed by atoms with van der Waals surface area (Å²) in [5.41, 5.74) is 2.05. The molecule has 0 aliphatic rings. The van der Waals surface area contributed by atoms with Crippen LogP contribution in [0.1, 0.15) is 17.2 Å². The molecule has 0 amide bonds. The second kappa shape index (κ2) is 4.98. The van der Waals surface area contributed by atoms with E-state index in [1.54, 1.807) is 6.08 Å². The van der Waals surface area contributed by atoms with Crippen molar-refractivity contribution in [3.63, 3.8) is 0 Å². The topological polar surface area (TPSA) is 20.2 Å². The Balaban J connectivity index is 2.74. The highest BCUT2D eigenvalue weighted by Gasteiger charge is 2.12. The van der Waals surface area contributed by atoms with Gasteiger partial charge in [0.15, 0.2) is 0 Å². The largest absolute Gasteiger partial charge is 0.384 e. The van der Waals surface area contributed by atoms with Crippen LogP contribution >= 0.6 is 0 Å². The number of hydrogen-bond donors (Lipinski definition) is 1. The van der Waals surface area contributed by atoms with E-state index in [-0.39, 0.29) is 0 Å². The van der Waals surface area contributed by atoms with Crippen molar-refractivity contribution in [2.24, 2.45) is 0 Å². The number of fused-ring (bicyclic) bond motifs is 1. The molecule has 1 heteroatoms. The minimum absolute atomic E-state index is 0.629. The first-order chi connectivity index (χ1) is 8.27. The van der Waals surface area contributed by atoms with Gasteiger partial charge in [0.1, 0.15) is 0 Å². The number of hydrogen-bond acceptors (Lipinski definition) is 1. The maximum Gasteiger partial charge on any atom is 0.0977 e. The molecule has 1 atom stereocenters. The number of aliphatic hydroxyl groups excluding tert-OH is 1. The molecule has 0 aliphatic heterocycles. The van der Waals surface area contributed by atoms with Gasteiger partial charge in [0.05, 0.1) is 6.10 Å². The summed E-state index contributed by atoms with van der Waals surface area (Å²) in [5, 5.41) is 12.3. The number of aliphatic hydroxyl groups is 1. The van der Waals surface area contributed by atoms with Gasteiger partial charge in [0.25, 0.3) is 0 Å². The van der Waals surface area contributed by atoms with Crippen LogP contribution in [0.2, 0.25) is 0 Å². The molecule has 17 heavy (non-hydrogen) atoms. The van der Waals surface area contributed by atoms with Crippen molar-refractivity contribution in [1.29, 1.82) is 0 Å². The summed E-state index contributed by atoms with van der Waals surface area (Å²) in [6.45, 7) is 7.42. The molecule has 0 aromatic heterocycles. The van der Waals surface area contributed by atoms with E-state index in [2.05, 4.69) is 19.2 Å². The molecule has 2 rings (SSSR count). The van der Waals surface area contributed by atoms with Gasteiger partial charge in [-0.05, 0) is 28.3 Å². The van der Waals surface area contributed by atoms with E-state index in [0.717, 1.165) is 28.3 Å². The third-order valence-electron chi connectivity index (χ3n) is 2.94. The zero-order chi connectivity index (χ0) is 12.3. The summed E-state index contributed by atoms with van der Waals surface area (Å²) in [4.78, 5) is 0. The number of rotatable bonds is 4. The molecule has 0 saturated heterocycles. The number of allylic oxidation sites excluding steroid dienone is 1. The van der Waals surface area contributed by atoms with Crippen LogP contribution < -0.4 is 0 Å². The molecule has 0 fully saturated rings. The fraction of sp³-hybridized carbons (Fsp3) is 0.125. The normalized spacial score (nSPS) is 12.3. The summed E-state index contributed by atoms with van der Waals surface area (Å²) in [5.74, 6) is 0. The van der Waals surface area contributed by atoms with Gasteiger partial charge >= 0.3 is 0 Å². The minimum atomic E-state index is -0.629. The van der Waals surface area contributed by atoms with Crippen LogP contribution in [-0.4, -0.2) is 5.11 Å². The highest BCUT2D eigenvalue weighted by atomic mass is 16.3. The van der Waals surface area contributed by atoms with Crippen LogP contribution in [0.5, 0.6) is 0 Å². The monoisotopic (exact) mass is 224 g/mol. The third-order valence-corrected chi connectivity index (χ3v) is 2.94. The first-order valence-electron chi connectivity index (χ1n) is 5.70. The van der Waals surface area contributed by atoms with Crippen molar-refractivity contribution in [3.8, 4) is 0 Å². The second-order valence-electron chi connectivity index (χ2n) is 4.03. The Labute approximate surface area is 102 Å². The van der Waals surface area contributed by atoms with E-state index in [1.165, 1.54) is 0 Å². The van der Waals surface area contributed by atoms with Crippen molar-refractivity contribution in [3.05, 3.63) is 72.8 Å². The van der Waals surface area contributed by atoms with E-state index in [0.29, 0.717) is 0 Å². The summed E-state index contributed by atoms with van der Waals surface area (Å²) in [6, 6.07) is 12.2. The SMILES string of the molecule is C=CCc1ccc2ccccc2c1C(O)C=C. The molecule has 0 radical (unpaired) electrons. The van der Waals surface area contributed by atoms with Gasteiger partial charge in [-0.25, -0.2) is 0 Å². The van der Waals surface area contributed by atoms with E-state index in [4.69, 9.17) is 0 Å². The van der Waals surface area contributed by atoms with Gasteiger partial charge in [-0.15, -0.1) is 13.2 Å². The highest BCUT2D eigenvalue weighted by Crippen LogP contribution is 2.29. The lowest BCUT2D eigenvalue weighted by Crippen LogP contribution is -2.00. The van der Waals surface area contributed by atoms with Crippen LogP contribution in [0.3, 0.4) is 0 Å². The molecule has 86 valence electrons. The maximum atomic E-state index is 10.1. The Morgan fingerprint density at radius 1 is 1.12 bits per heavy atom. The molecule has 0 spiro atoms. The fourth-order valence-electron chi connectivity index (χ4n) is 2.14. The lowest BCUT2D eigenvalue weighted by atomic mass is 9.93. The lowest BCUT2D eigenvalue weighted by Gasteiger charge is -2.15. The Morgan fingerprint density at radius 2 is 1.88 bits per heavy atom. The molecule has 2 aromatic carbocycles. The van der Waals surface area contributed by atoms with Crippen LogP contribution in [0, 0.1) is 0 Å². The molecule has 0 bridgehead atoms. The fourth-order valence-corrected chi connectivity index (χ4v) is 2.14. The summed E-state index contributed by atoms with van der Waals surface area (Å²) >= 11 is 0. The number of benzene rings is 2. The third kappa shape index (κ3) is 2.15. The van der Waals surface area contributed by atoms with Crippen molar-refractivity contribution in [2.45, 2.75) is 12.5 Å². The Bertz CT molecular complexity index is 554. The second-order valence-corrected chi connectivity index (χ2v) is 4.03. The first kappa shape index (κ1) is 11.6. The van der Waals surface area contributed by atoms with E-state index in [9.17, 15) is 5.11 Å². The van der Waals surface area contributed by atoms with Crippen molar-refractivity contribution < 1.29 is 5.11 Å². The quantitative estimate of drug-likeness (QED) is 0.783. The van der Waals surface area contributed by atoms with Crippen LogP contribution in [-0.2, 0) is 6.42 Å².